The zero-order valence-electron chi connectivity index (χ0n) is 10.7. The van der Waals surface area contributed by atoms with Crippen molar-refractivity contribution in [2.45, 2.75) is 13.0 Å². The van der Waals surface area contributed by atoms with E-state index in [1.165, 1.54) is 6.07 Å². The number of hydrogen-bond donors (Lipinski definition) is 1. The van der Waals surface area contributed by atoms with Gasteiger partial charge in [0.1, 0.15) is 5.82 Å². The molecule has 0 saturated carbocycles. The van der Waals surface area contributed by atoms with Gasteiger partial charge in [-0.2, -0.15) is 0 Å². The molecule has 4 nitrogen and oxygen atoms in total. The molecular weight excluding hydrogens is 243 g/mol. The van der Waals surface area contributed by atoms with Gasteiger partial charge in [-0.15, -0.1) is 0 Å². The van der Waals surface area contributed by atoms with Gasteiger partial charge in [0.05, 0.1) is 5.69 Å². The predicted octanol–water partition coefficient (Wildman–Crippen LogP) is 2.03. The minimum Gasteiger partial charge on any atom is -0.316 e. The first kappa shape index (κ1) is 12.0. The second-order valence-corrected chi connectivity index (χ2v) is 4.60. The molecule has 0 amide bonds. The molecule has 0 saturated heterocycles. The number of hydrogen-bond acceptors (Lipinski definition) is 4. The van der Waals surface area contributed by atoms with Crippen LogP contribution in [0.3, 0.4) is 0 Å². The number of nitrogens with one attached hydrogen (secondary N) is 1. The van der Waals surface area contributed by atoms with Gasteiger partial charge in [-0.05, 0) is 31.2 Å². The van der Waals surface area contributed by atoms with Crippen LogP contribution in [0.15, 0.2) is 30.6 Å². The SMILES string of the molecule is CNCc1cnc(N2CCc3ccc(F)cc32)nc1. The van der Waals surface area contributed by atoms with E-state index in [1.54, 1.807) is 18.5 Å². The molecule has 19 heavy (non-hydrogen) atoms. The van der Waals surface area contributed by atoms with Gasteiger partial charge in [-0.3, -0.25) is 0 Å². The van der Waals surface area contributed by atoms with E-state index < -0.39 is 0 Å². The average molecular weight is 258 g/mol. The van der Waals surface area contributed by atoms with Crippen LogP contribution in [0.25, 0.3) is 0 Å². The minimum absolute atomic E-state index is 0.225. The zero-order valence-corrected chi connectivity index (χ0v) is 10.7. The van der Waals surface area contributed by atoms with E-state index in [-0.39, 0.29) is 5.82 Å². The Balaban J connectivity index is 1.90. The highest BCUT2D eigenvalue weighted by Crippen LogP contribution is 2.32. The second kappa shape index (κ2) is 4.93. The highest BCUT2D eigenvalue weighted by Gasteiger charge is 2.22. The summed E-state index contributed by atoms with van der Waals surface area (Å²) in [4.78, 5) is 10.7. The number of anilines is 2. The van der Waals surface area contributed by atoms with Gasteiger partial charge in [0, 0.05) is 31.0 Å². The van der Waals surface area contributed by atoms with Crippen molar-refractivity contribution in [3.63, 3.8) is 0 Å². The molecule has 2 heterocycles. The number of fused-ring (bicyclic) bond motifs is 1. The first-order valence-electron chi connectivity index (χ1n) is 6.29. The normalized spacial score (nSPS) is 13.7. The summed E-state index contributed by atoms with van der Waals surface area (Å²) in [6, 6.07) is 4.88. The third-order valence-electron chi connectivity index (χ3n) is 3.26. The molecule has 1 aromatic carbocycles. The zero-order chi connectivity index (χ0) is 13.2. The van der Waals surface area contributed by atoms with Gasteiger partial charge >= 0.3 is 0 Å². The van der Waals surface area contributed by atoms with Crippen molar-refractivity contribution in [2.24, 2.45) is 0 Å². The van der Waals surface area contributed by atoms with E-state index in [4.69, 9.17) is 0 Å². The molecule has 5 heteroatoms. The smallest absolute Gasteiger partial charge is 0.229 e. The molecule has 0 fully saturated rings. The maximum Gasteiger partial charge on any atom is 0.229 e. The molecule has 2 aromatic rings. The molecule has 0 atom stereocenters. The van der Waals surface area contributed by atoms with Crippen LogP contribution in [0, 0.1) is 5.82 Å². The quantitative estimate of drug-likeness (QED) is 0.914. The lowest BCUT2D eigenvalue weighted by Crippen LogP contribution is -2.17. The van der Waals surface area contributed by atoms with Gasteiger partial charge in [-0.25, -0.2) is 14.4 Å². The fourth-order valence-electron chi connectivity index (χ4n) is 2.34. The van der Waals surface area contributed by atoms with Crippen LogP contribution < -0.4 is 10.2 Å². The van der Waals surface area contributed by atoms with E-state index in [0.717, 1.165) is 36.3 Å². The molecule has 3 rings (SSSR count). The number of aromatic nitrogens is 2. The maximum atomic E-state index is 13.3. The van der Waals surface area contributed by atoms with Gasteiger partial charge in [0.25, 0.3) is 0 Å². The van der Waals surface area contributed by atoms with Crippen molar-refractivity contribution in [3.8, 4) is 0 Å². The Morgan fingerprint density at radius 1 is 1.32 bits per heavy atom. The molecule has 0 aliphatic carbocycles. The van der Waals surface area contributed by atoms with Crippen LogP contribution >= 0.6 is 0 Å². The lowest BCUT2D eigenvalue weighted by atomic mass is 10.2. The summed E-state index contributed by atoms with van der Waals surface area (Å²) in [5.74, 6) is 0.404. The van der Waals surface area contributed by atoms with Crippen molar-refractivity contribution in [3.05, 3.63) is 47.5 Å². The Morgan fingerprint density at radius 3 is 2.84 bits per heavy atom. The topological polar surface area (TPSA) is 41.1 Å². The molecule has 0 spiro atoms. The molecule has 98 valence electrons. The Bertz CT molecular complexity index is 582. The monoisotopic (exact) mass is 258 g/mol. The fourth-order valence-corrected chi connectivity index (χ4v) is 2.34. The highest BCUT2D eigenvalue weighted by molar-refractivity contribution is 5.65. The molecule has 1 aromatic heterocycles. The molecule has 1 aliphatic rings. The van der Waals surface area contributed by atoms with Crippen molar-refractivity contribution < 1.29 is 4.39 Å². The summed E-state index contributed by atoms with van der Waals surface area (Å²) in [7, 11) is 1.88. The third kappa shape index (κ3) is 2.29. The summed E-state index contributed by atoms with van der Waals surface area (Å²) in [5.41, 5.74) is 3.05. The van der Waals surface area contributed by atoms with Crippen molar-refractivity contribution in [2.75, 3.05) is 18.5 Å². The third-order valence-corrected chi connectivity index (χ3v) is 3.26. The van der Waals surface area contributed by atoms with Crippen molar-refractivity contribution >= 4 is 11.6 Å². The number of rotatable bonds is 3. The van der Waals surface area contributed by atoms with Crippen molar-refractivity contribution in [1.29, 1.82) is 0 Å². The number of benzene rings is 1. The lowest BCUT2D eigenvalue weighted by Gasteiger charge is -2.17. The van der Waals surface area contributed by atoms with Gasteiger partial charge in [0.2, 0.25) is 5.95 Å². The Labute approximate surface area is 111 Å². The van der Waals surface area contributed by atoms with Crippen molar-refractivity contribution in [1.82, 2.24) is 15.3 Å². The first-order chi connectivity index (χ1) is 9.28. The Kier molecular flexibility index (Phi) is 3.13. The van der Waals surface area contributed by atoms with Crippen LogP contribution in [0.1, 0.15) is 11.1 Å². The van der Waals surface area contributed by atoms with Gasteiger partial charge in [0.15, 0.2) is 0 Å². The molecule has 0 radical (unpaired) electrons. The summed E-state index contributed by atoms with van der Waals surface area (Å²) in [6.07, 6.45) is 4.50. The largest absolute Gasteiger partial charge is 0.316 e. The van der Waals surface area contributed by atoms with E-state index in [1.807, 2.05) is 18.0 Å². The first-order valence-corrected chi connectivity index (χ1v) is 6.29. The summed E-state index contributed by atoms with van der Waals surface area (Å²) in [6.45, 7) is 1.54. The summed E-state index contributed by atoms with van der Waals surface area (Å²) >= 11 is 0. The van der Waals surface area contributed by atoms with E-state index >= 15 is 0 Å². The standard InChI is InChI=1S/C14H15FN4/c1-16-7-10-8-17-14(18-9-10)19-5-4-11-2-3-12(15)6-13(11)19/h2-3,6,8-9,16H,4-5,7H2,1H3. The molecular formula is C14H15FN4. The number of nitrogens with zero attached hydrogens (tertiary/aromatic N) is 3. The van der Waals surface area contributed by atoms with Crippen LogP contribution in [0.4, 0.5) is 16.0 Å². The molecule has 0 unspecified atom stereocenters. The lowest BCUT2D eigenvalue weighted by molar-refractivity contribution is 0.628. The van der Waals surface area contributed by atoms with E-state index in [9.17, 15) is 4.39 Å². The number of halogens is 1. The highest BCUT2D eigenvalue weighted by atomic mass is 19.1. The average Bonchev–Trinajstić information content (AvgIpc) is 2.83. The Hall–Kier alpha value is -2.01. The molecule has 1 N–H and O–H groups in total. The summed E-state index contributed by atoms with van der Waals surface area (Å²) < 4.78 is 13.3. The van der Waals surface area contributed by atoms with E-state index in [2.05, 4.69) is 15.3 Å². The van der Waals surface area contributed by atoms with Crippen LogP contribution in [-0.2, 0) is 13.0 Å². The maximum absolute atomic E-state index is 13.3. The second-order valence-electron chi connectivity index (χ2n) is 4.60. The van der Waals surface area contributed by atoms with Gasteiger partial charge in [-0.1, -0.05) is 6.07 Å². The van der Waals surface area contributed by atoms with Crippen LogP contribution in [0.5, 0.6) is 0 Å². The summed E-state index contributed by atoms with van der Waals surface area (Å²) in [5, 5.41) is 3.05. The molecule has 1 aliphatic heterocycles. The van der Waals surface area contributed by atoms with Gasteiger partial charge < -0.3 is 10.2 Å². The predicted molar refractivity (Wildman–Crippen MR) is 71.9 cm³/mol. The van der Waals surface area contributed by atoms with E-state index in [0.29, 0.717) is 5.95 Å². The fraction of sp³-hybridized carbons (Fsp3) is 0.286. The minimum atomic E-state index is -0.225. The van der Waals surface area contributed by atoms with Crippen LogP contribution in [-0.4, -0.2) is 23.6 Å². The molecule has 0 bridgehead atoms. The Morgan fingerprint density at radius 2 is 2.11 bits per heavy atom. The van der Waals surface area contributed by atoms with Crippen LogP contribution in [0.2, 0.25) is 0 Å².